The van der Waals surface area contributed by atoms with Gasteiger partial charge in [-0.25, -0.2) is 9.78 Å². The predicted octanol–water partition coefficient (Wildman–Crippen LogP) is 3.77. The molecule has 0 saturated carbocycles. The van der Waals surface area contributed by atoms with Crippen LogP contribution in [-0.4, -0.2) is 44.1 Å². The van der Waals surface area contributed by atoms with E-state index in [9.17, 15) is 9.00 Å². The Hall–Kier alpha value is -1.14. The molecule has 1 aliphatic rings. The Balaban J connectivity index is 1.96. The van der Waals surface area contributed by atoms with Gasteiger partial charge >= 0.3 is 6.09 Å². The molecule has 7 heteroatoms. The largest absolute Gasteiger partial charge is 0.444 e. The summed E-state index contributed by atoms with van der Waals surface area (Å²) in [5, 5.41) is 0.424. The summed E-state index contributed by atoms with van der Waals surface area (Å²) in [5.74, 6) is 0.880. The molecule has 1 fully saturated rings. The van der Waals surface area contributed by atoms with E-state index < -0.39 is 16.4 Å². The fourth-order valence-corrected chi connectivity index (χ4v) is 4.23. The molecule has 0 bridgehead atoms. The number of nitrogens with zero attached hydrogens (tertiary/aromatic N) is 2. The highest BCUT2D eigenvalue weighted by Gasteiger charge is 2.31. The van der Waals surface area contributed by atoms with Gasteiger partial charge in [-0.15, -0.1) is 0 Å². The standard InChI is InChI=1S/C17H25ClN2O3S/c1-17(2,3)23-16(21)20-9-5-4-6-14(20)12-24(22)11-13-7-8-15(18)19-10-13/h7-8,10,14H,4-6,9,11-12H2,1-3H3/t14-,24-/m1/s1. The van der Waals surface area contributed by atoms with Crippen LogP contribution in [0.3, 0.4) is 0 Å². The number of amides is 1. The number of ether oxygens (including phenoxy) is 1. The average molecular weight is 373 g/mol. The molecule has 24 heavy (non-hydrogen) atoms. The first-order valence-electron chi connectivity index (χ1n) is 8.19. The third-order valence-corrected chi connectivity index (χ3v) is 5.39. The number of carbonyl (C=O) groups is 1. The molecule has 0 unspecified atom stereocenters. The van der Waals surface area contributed by atoms with E-state index in [1.54, 1.807) is 17.2 Å². The first-order chi connectivity index (χ1) is 11.2. The Bertz CT molecular complexity index is 586. The van der Waals surface area contributed by atoms with Gasteiger partial charge in [0.1, 0.15) is 10.8 Å². The minimum atomic E-state index is -1.07. The van der Waals surface area contributed by atoms with Crippen LogP contribution in [-0.2, 0) is 21.3 Å². The van der Waals surface area contributed by atoms with E-state index in [0.717, 1.165) is 24.8 Å². The lowest BCUT2D eigenvalue weighted by Crippen LogP contribution is -2.48. The molecule has 2 atom stereocenters. The summed E-state index contributed by atoms with van der Waals surface area (Å²) < 4.78 is 18.0. The normalized spacial score (nSPS) is 19.8. The summed E-state index contributed by atoms with van der Waals surface area (Å²) in [6, 6.07) is 3.50. The van der Waals surface area contributed by atoms with Crippen LogP contribution >= 0.6 is 11.6 Å². The number of halogens is 1. The van der Waals surface area contributed by atoms with Crippen LogP contribution in [0, 0.1) is 0 Å². The molecule has 134 valence electrons. The van der Waals surface area contributed by atoms with Crippen molar-refractivity contribution in [1.29, 1.82) is 0 Å². The summed E-state index contributed by atoms with van der Waals surface area (Å²) in [4.78, 5) is 18.1. The van der Waals surface area contributed by atoms with E-state index in [1.165, 1.54) is 0 Å². The summed E-state index contributed by atoms with van der Waals surface area (Å²) >= 11 is 5.77. The lowest BCUT2D eigenvalue weighted by molar-refractivity contribution is 0.0125. The molecule has 0 aliphatic carbocycles. The van der Waals surface area contributed by atoms with Crippen molar-refractivity contribution in [2.75, 3.05) is 12.3 Å². The second kappa shape index (κ2) is 8.30. The Kier molecular flexibility index (Phi) is 6.63. The van der Waals surface area contributed by atoms with Gasteiger partial charge in [-0.3, -0.25) is 4.21 Å². The van der Waals surface area contributed by atoms with E-state index in [2.05, 4.69) is 4.98 Å². The van der Waals surface area contributed by atoms with Crippen molar-refractivity contribution < 1.29 is 13.7 Å². The number of pyridine rings is 1. The maximum absolute atomic E-state index is 12.5. The molecule has 1 saturated heterocycles. The van der Waals surface area contributed by atoms with Gasteiger partial charge < -0.3 is 9.64 Å². The first kappa shape index (κ1) is 19.2. The monoisotopic (exact) mass is 372 g/mol. The zero-order chi connectivity index (χ0) is 17.7. The Morgan fingerprint density at radius 1 is 1.42 bits per heavy atom. The van der Waals surface area contributed by atoms with E-state index in [1.807, 2.05) is 26.8 Å². The molecule has 0 radical (unpaired) electrons. The fourth-order valence-electron chi connectivity index (χ4n) is 2.69. The molecule has 2 heterocycles. The molecular weight excluding hydrogens is 348 g/mol. The highest BCUT2D eigenvalue weighted by molar-refractivity contribution is 7.84. The molecule has 1 aliphatic heterocycles. The Labute approximate surface area is 151 Å². The quantitative estimate of drug-likeness (QED) is 0.755. The van der Waals surface area contributed by atoms with Crippen molar-refractivity contribution in [3.63, 3.8) is 0 Å². The number of hydrogen-bond acceptors (Lipinski definition) is 4. The fraction of sp³-hybridized carbons (Fsp3) is 0.647. The maximum Gasteiger partial charge on any atom is 0.410 e. The zero-order valence-corrected chi connectivity index (χ0v) is 16.0. The smallest absolute Gasteiger partial charge is 0.410 e. The second-order valence-electron chi connectivity index (χ2n) is 7.06. The lowest BCUT2D eigenvalue weighted by Gasteiger charge is -2.36. The summed E-state index contributed by atoms with van der Waals surface area (Å²) in [6.45, 7) is 6.24. The first-order valence-corrected chi connectivity index (χ1v) is 10.1. The van der Waals surface area contributed by atoms with Crippen LogP contribution in [0.2, 0.25) is 5.15 Å². The highest BCUT2D eigenvalue weighted by atomic mass is 35.5. The third kappa shape index (κ3) is 6.06. The van der Waals surface area contributed by atoms with Gasteiger partial charge in [0.15, 0.2) is 0 Å². The van der Waals surface area contributed by atoms with Gasteiger partial charge in [0.25, 0.3) is 0 Å². The number of aromatic nitrogens is 1. The van der Waals surface area contributed by atoms with E-state index >= 15 is 0 Å². The third-order valence-electron chi connectivity index (χ3n) is 3.75. The number of hydrogen-bond donors (Lipinski definition) is 0. The molecule has 0 spiro atoms. The van der Waals surface area contributed by atoms with E-state index in [-0.39, 0.29) is 12.1 Å². The Morgan fingerprint density at radius 2 is 2.17 bits per heavy atom. The zero-order valence-electron chi connectivity index (χ0n) is 14.5. The van der Waals surface area contributed by atoms with Crippen molar-refractivity contribution >= 4 is 28.5 Å². The van der Waals surface area contributed by atoms with E-state index in [4.69, 9.17) is 16.3 Å². The molecule has 2 rings (SSSR count). The van der Waals surface area contributed by atoms with Crippen LogP contribution < -0.4 is 0 Å². The average Bonchev–Trinajstić information content (AvgIpc) is 2.48. The predicted molar refractivity (Wildman–Crippen MR) is 96.5 cm³/mol. The molecule has 1 amide bonds. The number of carbonyl (C=O) groups excluding carboxylic acids is 1. The van der Waals surface area contributed by atoms with E-state index in [0.29, 0.717) is 23.2 Å². The molecule has 0 aromatic carbocycles. The van der Waals surface area contributed by atoms with Crippen LogP contribution in [0.15, 0.2) is 18.3 Å². The van der Waals surface area contributed by atoms with Gasteiger partial charge in [-0.05, 0) is 51.7 Å². The highest BCUT2D eigenvalue weighted by Crippen LogP contribution is 2.22. The second-order valence-corrected chi connectivity index (χ2v) is 8.95. The minimum absolute atomic E-state index is 0.0327. The summed E-state index contributed by atoms with van der Waals surface area (Å²) in [6.07, 6.45) is 4.21. The maximum atomic E-state index is 12.5. The Morgan fingerprint density at radius 3 is 2.79 bits per heavy atom. The number of likely N-dealkylation sites (tertiary alicyclic amines) is 1. The van der Waals surface area contributed by atoms with Crippen molar-refractivity contribution in [3.05, 3.63) is 29.0 Å². The van der Waals surface area contributed by atoms with Gasteiger partial charge in [0.05, 0.1) is 5.75 Å². The topological polar surface area (TPSA) is 59.5 Å². The number of rotatable bonds is 4. The minimum Gasteiger partial charge on any atom is -0.444 e. The SMILES string of the molecule is CC(C)(C)OC(=O)N1CCCC[C@@H]1C[S@](=O)Cc1ccc(Cl)nc1. The van der Waals surface area contributed by atoms with Gasteiger partial charge in [0, 0.05) is 35.3 Å². The summed E-state index contributed by atoms with van der Waals surface area (Å²) in [7, 11) is -1.07. The van der Waals surface area contributed by atoms with Crippen LogP contribution in [0.25, 0.3) is 0 Å². The molecule has 1 aromatic rings. The van der Waals surface area contributed by atoms with Crippen molar-refractivity contribution in [3.8, 4) is 0 Å². The molecule has 0 N–H and O–H groups in total. The van der Waals surface area contributed by atoms with Crippen LogP contribution in [0.5, 0.6) is 0 Å². The van der Waals surface area contributed by atoms with Crippen molar-refractivity contribution in [1.82, 2.24) is 9.88 Å². The van der Waals surface area contributed by atoms with Crippen LogP contribution in [0.1, 0.15) is 45.6 Å². The van der Waals surface area contributed by atoms with Gasteiger partial charge in [-0.2, -0.15) is 0 Å². The molecule has 5 nitrogen and oxygen atoms in total. The van der Waals surface area contributed by atoms with Crippen LogP contribution in [0.4, 0.5) is 4.79 Å². The lowest BCUT2D eigenvalue weighted by atomic mass is 10.0. The van der Waals surface area contributed by atoms with Gasteiger partial charge in [0.2, 0.25) is 0 Å². The molecule has 1 aromatic heterocycles. The van der Waals surface area contributed by atoms with Crippen molar-refractivity contribution in [2.45, 2.75) is 57.4 Å². The number of piperidine rings is 1. The molecular formula is C17H25ClN2O3S. The van der Waals surface area contributed by atoms with Crippen molar-refractivity contribution in [2.24, 2.45) is 0 Å². The van der Waals surface area contributed by atoms with Gasteiger partial charge in [-0.1, -0.05) is 17.7 Å². The summed E-state index contributed by atoms with van der Waals surface area (Å²) in [5.41, 5.74) is 0.366.